The average molecular weight is 211 g/mol. The smallest absolute Gasteiger partial charge is 0.222 e. The van der Waals surface area contributed by atoms with Gasteiger partial charge in [0.25, 0.3) is 0 Å². The molecule has 1 saturated heterocycles. The second kappa shape index (κ2) is 4.97. The van der Waals surface area contributed by atoms with E-state index in [2.05, 4.69) is 0 Å². The lowest BCUT2D eigenvalue weighted by atomic mass is 10.0. The molecule has 0 spiro atoms. The van der Waals surface area contributed by atoms with Crippen LogP contribution in [-0.2, 0) is 4.79 Å². The van der Waals surface area contributed by atoms with Crippen LogP contribution in [0.5, 0.6) is 0 Å². The highest BCUT2D eigenvalue weighted by Crippen LogP contribution is 2.28. The fourth-order valence-corrected chi connectivity index (χ4v) is 2.71. The number of carbonyl (C=O) groups excluding carboxylic acids is 1. The van der Waals surface area contributed by atoms with E-state index >= 15 is 0 Å². The molecule has 0 aromatic carbocycles. The fraction of sp³-hybridized carbons (Fsp3) is 0.917. The zero-order chi connectivity index (χ0) is 10.7. The zero-order valence-electron chi connectivity index (χ0n) is 9.32. The van der Waals surface area contributed by atoms with E-state index in [-0.39, 0.29) is 6.10 Å². The predicted octanol–water partition coefficient (Wildman–Crippen LogP) is 1.55. The highest BCUT2D eigenvalue weighted by atomic mass is 16.3. The van der Waals surface area contributed by atoms with Gasteiger partial charge in [-0.2, -0.15) is 0 Å². The maximum atomic E-state index is 11.9. The van der Waals surface area contributed by atoms with E-state index in [0.29, 0.717) is 11.8 Å². The molecule has 2 fully saturated rings. The monoisotopic (exact) mass is 211 g/mol. The van der Waals surface area contributed by atoms with Crippen LogP contribution in [0.4, 0.5) is 0 Å². The van der Waals surface area contributed by atoms with Gasteiger partial charge in [-0.3, -0.25) is 4.79 Å². The van der Waals surface area contributed by atoms with Crippen LogP contribution >= 0.6 is 0 Å². The van der Waals surface area contributed by atoms with Gasteiger partial charge in [-0.05, 0) is 31.6 Å². The Morgan fingerprint density at radius 1 is 1.13 bits per heavy atom. The fourth-order valence-electron chi connectivity index (χ4n) is 2.71. The summed E-state index contributed by atoms with van der Waals surface area (Å²) in [4.78, 5) is 13.8. The number of rotatable bonds is 2. The summed E-state index contributed by atoms with van der Waals surface area (Å²) >= 11 is 0. The summed E-state index contributed by atoms with van der Waals surface area (Å²) in [5, 5.41) is 9.35. The first-order valence-electron chi connectivity index (χ1n) is 6.21. The van der Waals surface area contributed by atoms with Gasteiger partial charge in [0.05, 0.1) is 6.10 Å². The molecule has 1 amide bonds. The van der Waals surface area contributed by atoms with Crippen LogP contribution in [0.1, 0.15) is 44.9 Å². The molecular formula is C12H21NO2. The molecule has 3 nitrogen and oxygen atoms in total. The number of nitrogens with zero attached hydrogens (tertiary/aromatic N) is 1. The van der Waals surface area contributed by atoms with Gasteiger partial charge >= 0.3 is 0 Å². The largest absolute Gasteiger partial charge is 0.393 e. The van der Waals surface area contributed by atoms with E-state index in [9.17, 15) is 9.90 Å². The first-order chi connectivity index (χ1) is 7.25. The number of aliphatic hydroxyl groups is 1. The Labute approximate surface area is 91.5 Å². The molecule has 2 rings (SSSR count). The summed E-state index contributed by atoms with van der Waals surface area (Å²) < 4.78 is 0. The maximum absolute atomic E-state index is 11.9. The van der Waals surface area contributed by atoms with Crippen molar-refractivity contribution >= 4 is 5.91 Å². The summed E-state index contributed by atoms with van der Waals surface area (Å²) in [5.74, 6) is 0.957. The maximum Gasteiger partial charge on any atom is 0.222 e. The first-order valence-corrected chi connectivity index (χ1v) is 6.21. The Hall–Kier alpha value is -0.570. The third-order valence-electron chi connectivity index (χ3n) is 3.76. The minimum Gasteiger partial charge on any atom is -0.393 e. The van der Waals surface area contributed by atoms with E-state index in [0.717, 1.165) is 32.4 Å². The second-order valence-electron chi connectivity index (χ2n) is 4.97. The first kappa shape index (κ1) is 10.9. The standard InChI is InChI=1S/C12H21NO2/c14-11-5-7-13(8-6-11)12(15)9-10-3-1-2-4-10/h10-11,14H,1-9H2. The van der Waals surface area contributed by atoms with Crippen LogP contribution < -0.4 is 0 Å². The van der Waals surface area contributed by atoms with Crippen LogP contribution in [0.15, 0.2) is 0 Å². The van der Waals surface area contributed by atoms with Crippen molar-refractivity contribution in [3.63, 3.8) is 0 Å². The third kappa shape index (κ3) is 2.94. The summed E-state index contributed by atoms with van der Waals surface area (Å²) in [6, 6.07) is 0. The van der Waals surface area contributed by atoms with Gasteiger partial charge in [0, 0.05) is 19.5 Å². The van der Waals surface area contributed by atoms with Crippen LogP contribution in [0.3, 0.4) is 0 Å². The average Bonchev–Trinajstić information content (AvgIpc) is 2.71. The molecule has 0 aromatic rings. The van der Waals surface area contributed by atoms with Gasteiger partial charge in [0.1, 0.15) is 0 Å². The molecular weight excluding hydrogens is 190 g/mol. The molecule has 0 aromatic heterocycles. The molecule has 86 valence electrons. The SMILES string of the molecule is O=C(CC1CCCC1)N1CCC(O)CC1. The molecule has 1 saturated carbocycles. The molecule has 1 heterocycles. The molecule has 0 radical (unpaired) electrons. The van der Waals surface area contributed by atoms with Crippen LogP contribution in [0, 0.1) is 5.92 Å². The van der Waals surface area contributed by atoms with Crippen molar-refractivity contribution in [2.45, 2.75) is 51.0 Å². The lowest BCUT2D eigenvalue weighted by Crippen LogP contribution is -2.40. The summed E-state index contributed by atoms with van der Waals surface area (Å²) in [5.41, 5.74) is 0. The van der Waals surface area contributed by atoms with Crippen molar-refractivity contribution in [2.75, 3.05) is 13.1 Å². The van der Waals surface area contributed by atoms with E-state index in [1.165, 1.54) is 25.7 Å². The van der Waals surface area contributed by atoms with Crippen LogP contribution in [0.2, 0.25) is 0 Å². The number of aliphatic hydroxyl groups excluding tert-OH is 1. The number of carbonyl (C=O) groups is 1. The summed E-state index contributed by atoms with van der Waals surface area (Å²) in [6.07, 6.45) is 7.17. The quantitative estimate of drug-likeness (QED) is 0.753. The number of amides is 1. The molecule has 3 heteroatoms. The molecule has 1 aliphatic carbocycles. The number of piperidine rings is 1. The highest BCUT2D eigenvalue weighted by molar-refractivity contribution is 5.76. The van der Waals surface area contributed by atoms with E-state index in [4.69, 9.17) is 0 Å². The van der Waals surface area contributed by atoms with E-state index in [1.54, 1.807) is 0 Å². The zero-order valence-corrected chi connectivity index (χ0v) is 9.32. The molecule has 1 aliphatic heterocycles. The Kier molecular flexibility index (Phi) is 3.62. The van der Waals surface area contributed by atoms with Gasteiger partial charge < -0.3 is 10.0 Å². The topological polar surface area (TPSA) is 40.5 Å². The summed E-state index contributed by atoms with van der Waals surface area (Å²) in [6.45, 7) is 1.51. The molecule has 0 atom stereocenters. The molecule has 2 aliphatic rings. The molecule has 1 N–H and O–H groups in total. The van der Waals surface area contributed by atoms with Gasteiger partial charge in [-0.15, -0.1) is 0 Å². The number of hydrogen-bond donors (Lipinski definition) is 1. The minimum atomic E-state index is -0.180. The van der Waals surface area contributed by atoms with E-state index < -0.39 is 0 Å². The van der Waals surface area contributed by atoms with Crippen molar-refractivity contribution in [3.05, 3.63) is 0 Å². The Morgan fingerprint density at radius 3 is 2.33 bits per heavy atom. The van der Waals surface area contributed by atoms with Gasteiger partial charge in [-0.25, -0.2) is 0 Å². The van der Waals surface area contributed by atoms with Gasteiger partial charge in [-0.1, -0.05) is 12.8 Å². The molecule has 0 unspecified atom stereocenters. The van der Waals surface area contributed by atoms with Crippen molar-refractivity contribution in [1.29, 1.82) is 0 Å². The van der Waals surface area contributed by atoms with Gasteiger partial charge in [0.2, 0.25) is 5.91 Å². The van der Waals surface area contributed by atoms with Crippen molar-refractivity contribution < 1.29 is 9.90 Å². The Bertz CT molecular complexity index is 216. The van der Waals surface area contributed by atoms with E-state index in [1.807, 2.05) is 4.90 Å². The van der Waals surface area contributed by atoms with Crippen LogP contribution in [0.25, 0.3) is 0 Å². The third-order valence-corrected chi connectivity index (χ3v) is 3.76. The number of hydrogen-bond acceptors (Lipinski definition) is 2. The van der Waals surface area contributed by atoms with Crippen molar-refractivity contribution in [3.8, 4) is 0 Å². The van der Waals surface area contributed by atoms with Gasteiger partial charge in [0.15, 0.2) is 0 Å². The Morgan fingerprint density at radius 2 is 1.73 bits per heavy atom. The normalized spacial score (nSPS) is 24.7. The van der Waals surface area contributed by atoms with Crippen LogP contribution in [-0.4, -0.2) is 35.1 Å². The molecule has 15 heavy (non-hydrogen) atoms. The predicted molar refractivity (Wildman–Crippen MR) is 58.4 cm³/mol. The number of likely N-dealkylation sites (tertiary alicyclic amines) is 1. The minimum absolute atomic E-state index is 0.180. The van der Waals surface area contributed by atoms with Crippen molar-refractivity contribution in [1.82, 2.24) is 4.90 Å². The lowest BCUT2D eigenvalue weighted by Gasteiger charge is -2.30. The highest BCUT2D eigenvalue weighted by Gasteiger charge is 2.24. The lowest BCUT2D eigenvalue weighted by molar-refractivity contribution is -0.134. The second-order valence-corrected chi connectivity index (χ2v) is 4.97. The Balaban J connectivity index is 1.75. The summed E-state index contributed by atoms with van der Waals surface area (Å²) in [7, 11) is 0. The van der Waals surface area contributed by atoms with Crippen molar-refractivity contribution in [2.24, 2.45) is 5.92 Å². The molecule has 0 bridgehead atoms.